The number of nitrogen functional groups attached to an aromatic ring is 1. The number of rotatable bonds is 3. The van der Waals surface area contributed by atoms with Crippen molar-refractivity contribution in [3.8, 4) is 0 Å². The van der Waals surface area contributed by atoms with Gasteiger partial charge in [0.1, 0.15) is 16.6 Å². The largest absolute Gasteiger partial charge is 0.508 e. The third kappa shape index (κ3) is 3.90. The lowest BCUT2D eigenvalue weighted by Crippen LogP contribution is -2.05. The molecular weight excluding hydrogens is 350 g/mol. The number of hydrogen-bond acceptors (Lipinski definition) is 5. The van der Waals surface area contributed by atoms with Gasteiger partial charge < -0.3 is 15.4 Å². The van der Waals surface area contributed by atoms with Crippen LogP contribution in [0.1, 0.15) is 39.7 Å². The normalized spacial score (nSPS) is 17.0. The summed E-state index contributed by atoms with van der Waals surface area (Å²) in [5.74, 6) is 0.509. The Morgan fingerprint density at radius 1 is 1.31 bits per heavy atom. The van der Waals surface area contributed by atoms with Crippen molar-refractivity contribution in [2.24, 2.45) is 10.9 Å². The van der Waals surface area contributed by atoms with Gasteiger partial charge in [0.2, 0.25) is 5.95 Å². The molecule has 7 heteroatoms. The summed E-state index contributed by atoms with van der Waals surface area (Å²) in [6, 6.07) is 0. The van der Waals surface area contributed by atoms with Crippen LogP contribution in [0.4, 0.5) is 5.95 Å². The van der Waals surface area contributed by atoms with E-state index in [1.54, 1.807) is 0 Å². The minimum Gasteiger partial charge on any atom is -0.508 e. The number of nitrogens with two attached hydrogens (primary N) is 1. The monoisotopic (exact) mass is 375 g/mol. The number of aliphatic hydroxyl groups is 1. The molecule has 0 aliphatic carbocycles. The summed E-state index contributed by atoms with van der Waals surface area (Å²) in [6.45, 7) is 10.4. The first-order valence-corrected chi connectivity index (χ1v) is 9.24. The Bertz CT molecular complexity index is 895. The molecule has 1 unspecified atom stereocenters. The number of aliphatic imine (C=N–C) groups is 1. The molecule has 0 aromatic carbocycles. The zero-order chi connectivity index (χ0) is 19.4. The molecule has 0 bridgehead atoms. The van der Waals surface area contributed by atoms with Gasteiger partial charge in [-0.3, -0.25) is 4.99 Å². The van der Waals surface area contributed by atoms with Crippen LogP contribution in [0.25, 0.3) is 11.0 Å². The summed E-state index contributed by atoms with van der Waals surface area (Å²) in [5.41, 5.74) is 9.03. The molecule has 3 rings (SSSR count). The van der Waals surface area contributed by atoms with Crippen LogP contribution < -0.4 is 5.73 Å². The number of allylic oxidation sites excluding steroid dienone is 3. The maximum atomic E-state index is 10.3. The Kier molecular flexibility index (Phi) is 6.42. The van der Waals surface area contributed by atoms with Crippen LogP contribution in [0.3, 0.4) is 0 Å². The van der Waals surface area contributed by atoms with Crippen molar-refractivity contribution in [3.63, 3.8) is 0 Å². The predicted molar refractivity (Wildman–Crippen MR) is 109 cm³/mol. The molecule has 0 radical (unpaired) electrons. The van der Waals surface area contributed by atoms with Gasteiger partial charge >= 0.3 is 0 Å². The third-order valence-electron chi connectivity index (χ3n) is 4.10. The zero-order valence-corrected chi connectivity index (χ0v) is 16.7. The van der Waals surface area contributed by atoms with Crippen LogP contribution in [0.15, 0.2) is 34.3 Å². The quantitative estimate of drug-likeness (QED) is 0.752. The second kappa shape index (κ2) is 8.36. The molecule has 0 fully saturated rings. The van der Waals surface area contributed by atoms with Gasteiger partial charge in [-0.2, -0.15) is 4.98 Å². The van der Waals surface area contributed by atoms with Gasteiger partial charge in [-0.15, -0.1) is 0 Å². The molecule has 1 aliphatic rings. The summed E-state index contributed by atoms with van der Waals surface area (Å²) in [7, 11) is 0. The minimum absolute atomic E-state index is 0.0830. The minimum atomic E-state index is 0.0830. The number of aromatic nitrogens is 3. The number of nitrogens with zero attached hydrogens (tertiary/aromatic N) is 4. The number of hydrogen-bond donors (Lipinski definition) is 2. The lowest BCUT2D eigenvalue weighted by molar-refractivity contribution is 0.414. The van der Waals surface area contributed by atoms with Crippen molar-refractivity contribution in [1.29, 1.82) is 0 Å². The van der Waals surface area contributed by atoms with Gasteiger partial charge in [0.05, 0.1) is 17.6 Å². The molecule has 0 saturated carbocycles. The van der Waals surface area contributed by atoms with E-state index < -0.39 is 0 Å². The fraction of sp³-hybridized carbons (Fsp3) is 0.421. The van der Waals surface area contributed by atoms with E-state index >= 15 is 0 Å². The van der Waals surface area contributed by atoms with E-state index in [2.05, 4.69) is 15.0 Å². The summed E-state index contributed by atoms with van der Waals surface area (Å²) < 4.78 is 1.94. The van der Waals surface area contributed by atoms with Gasteiger partial charge in [-0.25, -0.2) is 4.98 Å². The van der Waals surface area contributed by atoms with Crippen molar-refractivity contribution in [3.05, 3.63) is 40.0 Å². The van der Waals surface area contributed by atoms with E-state index in [1.807, 2.05) is 57.7 Å². The first kappa shape index (κ1) is 20.0. The fourth-order valence-corrected chi connectivity index (χ4v) is 3.29. The van der Waals surface area contributed by atoms with Crippen LogP contribution in [-0.2, 0) is 6.54 Å². The Morgan fingerprint density at radius 2 is 2.00 bits per heavy atom. The highest BCUT2D eigenvalue weighted by atomic mass is 35.5. The van der Waals surface area contributed by atoms with Gasteiger partial charge in [-0.05, 0) is 25.0 Å². The van der Waals surface area contributed by atoms with Crippen LogP contribution >= 0.6 is 11.6 Å². The number of aryl methyl sites for hydroxylation is 1. The van der Waals surface area contributed by atoms with E-state index in [-0.39, 0.29) is 17.6 Å². The second-order valence-corrected chi connectivity index (χ2v) is 6.34. The van der Waals surface area contributed by atoms with E-state index in [4.69, 9.17) is 17.3 Å². The van der Waals surface area contributed by atoms with Crippen molar-refractivity contribution in [2.75, 3.05) is 5.73 Å². The molecule has 26 heavy (non-hydrogen) atoms. The highest BCUT2D eigenvalue weighted by molar-refractivity contribution is 6.34. The van der Waals surface area contributed by atoms with Gasteiger partial charge in [0, 0.05) is 23.9 Å². The Labute approximate surface area is 159 Å². The van der Waals surface area contributed by atoms with E-state index in [9.17, 15) is 5.11 Å². The van der Waals surface area contributed by atoms with Crippen molar-refractivity contribution in [2.45, 2.75) is 47.6 Å². The molecule has 140 valence electrons. The van der Waals surface area contributed by atoms with E-state index in [0.717, 1.165) is 22.2 Å². The Hall–Kier alpha value is -2.34. The molecule has 6 nitrogen and oxygen atoms in total. The molecule has 0 saturated heterocycles. The smallest absolute Gasteiger partial charge is 0.223 e. The highest BCUT2D eigenvalue weighted by Gasteiger charge is 2.17. The maximum Gasteiger partial charge on any atom is 0.223 e. The van der Waals surface area contributed by atoms with E-state index in [0.29, 0.717) is 23.8 Å². The van der Waals surface area contributed by atoms with Crippen LogP contribution in [0.2, 0.25) is 5.15 Å². The summed E-state index contributed by atoms with van der Waals surface area (Å²) in [4.78, 5) is 12.9. The molecule has 0 amide bonds. The molecule has 1 aliphatic heterocycles. The molecule has 3 N–H and O–H groups in total. The molecule has 2 aromatic heterocycles. The highest BCUT2D eigenvalue weighted by Crippen LogP contribution is 2.29. The average molecular weight is 376 g/mol. The maximum absolute atomic E-state index is 10.3. The predicted octanol–water partition coefficient (Wildman–Crippen LogP) is 4.83. The van der Waals surface area contributed by atoms with Gasteiger partial charge in [-0.1, -0.05) is 39.3 Å². The third-order valence-corrected chi connectivity index (χ3v) is 4.37. The Morgan fingerprint density at radius 3 is 2.65 bits per heavy atom. The topological polar surface area (TPSA) is 89.3 Å². The number of anilines is 1. The number of halogens is 1. The zero-order valence-electron chi connectivity index (χ0n) is 15.9. The van der Waals surface area contributed by atoms with Gasteiger partial charge in [0.25, 0.3) is 0 Å². The first-order chi connectivity index (χ1) is 12.4. The molecular formula is C19H26ClN5O. The molecule has 2 aromatic rings. The molecule has 1 atom stereocenters. The SMILES string of the molecule is CC.CCC1=C(Cn2cc(C)c3c(Cl)nc(N)nc32)N=CC(C)C=C1O. The Balaban J connectivity index is 0.00000117. The van der Waals surface area contributed by atoms with Crippen LogP contribution in [0, 0.1) is 12.8 Å². The van der Waals surface area contributed by atoms with Gasteiger partial charge in [0.15, 0.2) is 0 Å². The van der Waals surface area contributed by atoms with Crippen molar-refractivity contribution in [1.82, 2.24) is 14.5 Å². The summed E-state index contributed by atoms with van der Waals surface area (Å²) in [6.07, 6.45) is 6.29. The average Bonchev–Trinajstić information content (AvgIpc) is 2.82. The van der Waals surface area contributed by atoms with Crippen LogP contribution in [0.5, 0.6) is 0 Å². The molecule has 3 heterocycles. The first-order valence-electron chi connectivity index (χ1n) is 8.86. The fourth-order valence-electron chi connectivity index (χ4n) is 2.97. The molecule has 0 spiro atoms. The summed E-state index contributed by atoms with van der Waals surface area (Å²) in [5, 5.41) is 11.5. The van der Waals surface area contributed by atoms with Crippen molar-refractivity contribution < 1.29 is 5.11 Å². The number of aliphatic hydroxyl groups excluding tert-OH is 1. The standard InChI is InChI=1S/C17H20ClN5O.C2H6/c1-4-11-12(20-6-9(2)5-13(11)24)8-23-7-10(3)14-15(18)21-17(19)22-16(14)23;1-2/h5-7,9,24H,4,8H2,1-3H3,(H2,19,21,22);1-2H3. The lowest BCUT2D eigenvalue weighted by Gasteiger charge is -2.11. The van der Waals surface area contributed by atoms with Crippen LogP contribution in [-0.4, -0.2) is 25.9 Å². The van der Waals surface area contributed by atoms with Crippen molar-refractivity contribution >= 4 is 34.8 Å². The lowest BCUT2D eigenvalue weighted by atomic mass is 10.1. The summed E-state index contributed by atoms with van der Waals surface area (Å²) >= 11 is 6.21. The number of fused-ring (bicyclic) bond motifs is 1. The van der Waals surface area contributed by atoms with E-state index in [1.165, 1.54) is 0 Å². The second-order valence-electron chi connectivity index (χ2n) is 5.98.